The van der Waals surface area contributed by atoms with Crippen molar-refractivity contribution in [3.05, 3.63) is 12.2 Å². The highest BCUT2D eigenvalue weighted by Crippen LogP contribution is 2.20. The third-order valence-corrected chi connectivity index (χ3v) is 1.74. The van der Waals surface area contributed by atoms with Crippen molar-refractivity contribution in [3.8, 4) is 0 Å². The summed E-state index contributed by atoms with van der Waals surface area (Å²) >= 11 is 0. The summed E-state index contributed by atoms with van der Waals surface area (Å²) in [5.74, 6) is -0.231. The maximum Gasteiger partial charge on any atom is 0.173 e. The van der Waals surface area contributed by atoms with Crippen LogP contribution in [0.25, 0.3) is 0 Å². The summed E-state index contributed by atoms with van der Waals surface area (Å²) in [4.78, 5) is 21.7. The average Bonchev–Trinajstić information content (AvgIpc) is 2.28. The van der Waals surface area contributed by atoms with Gasteiger partial charge in [-0.3, -0.25) is 9.59 Å². The monoisotopic (exact) mass is 138 g/mol. The molecule has 2 bridgehead atoms. The topological polar surface area (TPSA) is 43.4 Å². The van der Waals surface area contributed by atoms with E-state index in [9.17, 15) is 9.59 Å². The molecule has 2 rings (SSSR count). The Balaban J connectivity index is 2.32. The first-order valence-electron chi connectivity index (χ1n) is 3.16. The average molecular weight is 138 g/mol. The lowest BCUT2D eigenvalue weighted by atomic mass is 10.1. The Morgan fingerprint density at radius 1 is 1.20 bits per heavy atom. The highest BCUT2D eigenvalue weighted by Gasteiger charge is 2.36. The number of hydrogen-bond donors (Lipinski definition) is 0. The number of fused-ring (bicyclic) bond motifs is 2. The molecule has 3 nitrogen and oxygen atoms in total. The van der Waals surface area contributed by atoms with Crippen molar-refractivity contribution in [3.63, 3.8) is 0 Å². The van der Waals surface area contributed by atoms with E-state index in [0.29, 0.717) is 0 Å². The zero-order valence-corrected chi connectivity index (χ0v) is 5.24. The number of hydrogen-bond acceptors (Lipinski definition) is 3. The first kappa shape index (κ1) is 5.80. The van der Waals surface area contributed by atoms with Crippen LogP contribution in [0.4, 0.5) is 0 Å². The molecule has 2 aliphatic rings. The van der Waals surface area contributed by atoms with E-state index in [4.69, 9.17) is 4.74 Å². The number of carbonyl (C=O) groups is 2. The standard InChI is InChI=1S/C7H6O3/c8-4-3-5(9)7-2-1-6(4)10-7/h1-2,6-7H,3H2. The molecule has 2 aliphatic heterocycles. The Morgan fingerprint density at radius 2 is 1.70 bits per heavy atom. The predicted molar refractivity (Wildman–Crippen MR) is 32.4 cm³/mol. The van der Waals surface area contributed by atoms with Crippen LogP contribution >= 0.6 is 0 Å². The van der Waals surface area contributed by atoms with Crippen LogP contribution in [0.3, 0.4) is 0 Å². The van der Waals surface area contributed by atoms with E-state index in [1.807, 2.05) is 0 Å². The fraction of sp³-hybridized carbons (Fsp3) is 0.429. The second-order valence-corrected chi connectivity index (χ2v) is 2.47. The van der Waals surface area contributed by atoms with Gasteiger partial charge >= 0.3 is 0 Å². The number of ether oxygens (including phenoxy) is 1. The molecule has 0 aromatic carbocycles. The molecule has 0 aliphatic carbocycles. The van der Waals surface area contributed by atoms with Crippen molar-refractivity contribution < 1.29 is 14.3 Å². The molecular weight excluding hydrogens is 132 g/mol. The Kier molecular flexibility index (Phi) is 1.02. The first-order valence-corrected chi connectivity index (χ1v) is 3.16. The maximum absolute atomic E-state index is 10.9. The summed E-state index contributed by atoms with van der Waals surface area (Å²) in [6, 6.07) is 0. The maximum atomic E-state index is 10.9. The van der Waals surface area contributed by atoms with Crippen molar-refractivity contribution in [1.29, 1.82) is 0 Å². The molecule has 3 heteroatoms. The number of Topliss-reactive ketones (excluding diaryl/α,β-unsaturated/α-hetero) is 2. The zero-order valence-electron chi connectivity index (χ0n) is 5.24. The van der Waals surface area contributed by atoms with Gasteiger partial charge in [0.25, 0.3) is 0 Å². The fourth-order valence-corrected chi connectivity index (χ4v) is 1.19. The van der Waals surface area contributed by atoms with Crippen LogP contribution in [0.1, 0.15) is 6.42 Å². The summed E-state index contributed by atoms with van der Waals surface area (Å²) in [6.45, 7) is 0. The van der Waals surface area contributed by atoms with Crippen LogP contribution in [-0.2, 0) is 14.3 Å². The molecule has 2 heterocycles. The van der Waals surface area contributed by atoms with Crippen LogP contribution in [0, 0.1) is 0 Å². The molecule has 0 saturated carbocycles. The molecule has 2 unspecified atom stereocenters. The summed E-state index contributed by atoms with van der Waals surface area (Å²) in [5.41, 5.74) is 0. The van der Waals surface area contributed by atoms with E-state index in [1.165, 1.54) is 0 Å². The lowest BCUT2D eigenvalue weighted by molar-refractivity contribution is -0.145. The Hall–Kier alpha value is -0.960. The van der Waals surface area contributed by atoms with Gasteiger partial charge in [0.2, 0.25) is 0 Å². The number of carbonyl (C=O) groups excluding carboxylic acids is 2. The van der Waals surface area contributed by atoms with Gasteiger partial charge in [-0.25, -0.2) is 0 Å². The number of rotatable bonds is 0. The summed E-state index contributed by atoms with van der Waals surface area (Å²) < 4.78 is 5.01. The Bertz CT molecular complexity index is 207. The van der Waals surface area contributed by atoms with Crippen molar-refractivity contribution >= 4 is 11.6 Å². The second-order valence-electron chi connectivity index (χ2n) is 2.47. The Morgan fingerprint density at radius 3 is 2.20 bits per heavy atom. The number of ketones is 2. The molecule has 10 heavy (non-hydrogen) atoms. The van der Waals surface area contributed by atoms with Gasteiger partial charge in [0.05, 0.1) is 6.42 Å². The zero-order chi connectivity index (χ0) is 7.14. The van der Waals surface area contributed by atoms with Gasteiger partial charge in [-0.2, -0.15) is 0 Å². The highest BCUT2D eigenvalue weighted by atomic mass is 16.5. The molecule has 0 amide bonds. The quantitative estimate of drug-likeness (QED) is 0.345. The fourth-order valence-electron chi connectivity index (χ4n) is 1.19. The minimum Gasteiger partial charge on any atom is -0.351 e. The van der Waals surface area contributed by atoms with Crippen LogP contribution in [0.2, 0.25) is 0 Å². The van der Waals surface area contributed by atoms with E-state index in [2.05, 4.69) is 0 Å². The molecule has 1 fully saturated rings. The van der Waals surface area contributed by atoms with Crippen molar-refractivity contribution in [1.82, 2.24) is 0 Å². The molecule has 0 aromatic heterocycles. The molecule has 52 valence electrons. The molecule has 0 aromatic rings. The minimum atomic E-state index is -0.428. The Labute approximate surface area is 57.7 Å². The van der Waals surface area contributed by atoms with Crippen molar-refractivity contribution in [2.24, 2.45) is 0 Å². The van der Waals surface area contributed by atoms with E-state index >= 15 is 0 Å². The molecule has 1 saturated heterocycles. The van der Waals surface area contributed by atoms with Crippen LogP contribution < -0.4 is 0 Å². The molecule has 0 N–H and O–H groups in total. The van der Waals surface area contributed by atoms with E-state index in [0.717, 1.165) is 0 Å². The molecular formula is C7H6O3. The van der Waals surface area contributed by atoms with Crippen LogP contribution in [0.15, 0.2) is 12.2 Å². The largest absolute Gasteiger partial charge is 0.351 e. The van der Waals surface area contributed by atoms with Gasteiger partial charge in [-0.1, -0.05) is 0 Å². The third-order valence-electron chi connectivity index (χ3n) is 1.74. The smallest absolute Gasteiger partial charge is 0.173 e. The van der Waals surface area contributed by atoms with Gasteiger partial charge in [0.1, 0.15) is 12.2 Å². The van der Waals surface area contributed by atoms with Crippen molar-refractivity contribution in [2.45, 2.75) is 18.6 Å². The second kappa shape index (κ2) is 1.76. The summed E-state index contributed by atoms with van der Waals surface area (Å²) in [5, 5.41) is 0. The van der Waals surface area contributed by atoms with Gasteiger partial charge < -0.3 is 4.74 Å². The lowest BCUT2D eigenvalue weighted by Gasteiger charge is -2.17. The predicted octanol–water partition coefficient (Wildman–Crippen LogP) is -0.148. The molecule has 2 atom stereocenters. The van der Waals surface area contributed by atoms with Gasteiger partial charge in [-0.15, -0.1) is 0 Å². The van der Waals surface area contributed by atoms with Gasteiger partial charge in [0, 0.05) is 0 Å². The third kappa shape index (κ3) is 0.640. The van der Waals surface area contributed by atoms with E-state index in [-0.39, 0.29) is 18.0 Å². The normalized spacial score (nSPS) is 37.2. The molecule has 0 spiro atoms. The first-order chi connectivity index (χ1) is 4.77. The van der Waals surface area contributed by atoms with Gasteiger partial charge in [-0.05, 0) is 12.2 Å². The van der Waals surface area contributed by atoms with E-state index in [1.54, 1.807) is 12.2 Å². The van der Waals surface area contributed by atoms with Crippen LogP contribution in [0.5, 0.6) is 0 Å². The van der Waals surface area contributed by atoms with Crippen molar-refractivity contribution in [2.75, 3.05) is 0 Å². The highest BCUT2D eigenvalue weighted by molar-refractivity contribution is 6.07. The molecule has 0 radical (unpaired) electrons. The van der Waals surface area contributed by atoms with E-state index < -0.39 is 12.2 Å². The summed E-state index contributed by atoms with van der Waals surface area (Å²) in [7, 11) is 0. The minimum absolute atomic E-state index is 0.0440. The lowest BCUT2D eigenvalue weighted by Crippen LogP contribution is -2.35. The van der Waals surface area contributed by atoms with Crippen LogP contribution in [-0.4, -0.2) is 23.8 Å². The summed E-state index contributed by atoms with van der Waals surface area (Å²) in [6.07, 6.45) is 2.49. The van der Waals surface area contributed by atoms with Gasteiger partial charge in [0.15, 0.2) is 11.6 Å². The SMILES string of the molecule is O=C1CC(=O)C2C=CC1O2.